The maximum Gasteiger partial charge on any atom is 0.188 e. The molecule has 1 aliphatic rings. The molecular weight excluding hydrogens is 308 g/mol. The summed E-state index contributed by atoms with van der Waals surface area (Å²) >= 11 is 1.60. The lowest BCUT2D eigenvalue weighted by Crippen LogP contribution is -2.23. The Labute approximate surface area is 138 Å². The minimum atomic E-state index is 0.266. The van der Waals surface area contributed by atoms with Gasteiger partial charge in [0.2, 0.25) is 0 Å². The van der Waals surface area contributed by atoms with Gasteiger partial charge in [-0.05, 0) is 25.0 Å². The Bertz CT molecular complexity index is 761. The molecule has 4 heterocycles. The molecule has 1 N–H and O–H groups in total. The highest BCUT2D eigenvalue weighted by molar-refractivity contribution is 7.13. The summed E-state index contributed by atoms with van der Waals surface area (Å²) in [7, 11) is 0. The zero-order chi connectivity index (χ0) is 15.5. The van der Waals surface area contributed by atoms with E-state index in [2.05, 4.69) is 30.5 Å². The molecule has 7 heteroatoms. The van der Waals surface area contributed by atoms with E-state index in [-0.39, 0.29) is 6.04 Å². The summed E-state index contributed by atoms with van der Waals surface area (Å²) in [6.07, 6.45) is 9.25. The van der Waals surface area contributed by atoms with Crippen molar-refractivity contribution in [3.8, 4) is 0 Å². The van der Waals surface area contributed by atoms with Gasteiger partial charge in [0.15, 0.2) is 5.13 Å². The number of hydrogen-bond donors (Lipinski definition) is 1. The van der Waals surface area contributed by atoms with Gasteiger partial charge in [-0.15, -0.1) is 11.3 Å². The summed E-state index contributed by atoms with van der Waals surface area (Å²) < 4.78 is 0. The third kappa shape index (κ3) is 3.00. The lowest BCUT2D eigenvalue weighted by atomic mass is 10.2. The minimum absolute atomic E-state index is 0.266. The average molecular weight is 324 g/mol. The molecule has 0 spiro atoms. The molecule has 116 valence electrons. The van der Waals surface area contributed by atoms with Crippen LogP contribution < -0.4 is 10.2 Å². The van der Waals surface area contributed by atoms with E-state index in [1.54, 1.807) is 29.9 Å². The number of pyridine rings is 1. The molecule has 3 aromatic heterocycles. The van der Waals surface area contributed by atoms with E-state index in [1.165, 1.54) is 0 Å². The van der Waals surface area contributed by atoms with Crippen molar-refractivity contribution in [2.75, 3.05) is 16.8 Å². The predicted octanol–water partition coefficient (Wildman–Crippen LogP) is 3.41. The van der Waals surface area contributed by atoms with Crippen LogP contribution in [0.15, 0.2) is 48.4 Å². The Morgan fingerprint density at radius 3 is 3.00 bits per heavy atom. The molecule has 0 saturated carbocycles. The second-order valence-corrected chi connectivity index (χ2v) is 6.19. The van der Waals surface area contributed by atoms with Crippen molar-refractivity contribution in [1.82, 2.24) is 19.9 Å². The highest BCUT2D eigenvalue weighted by Gasteiger charge is 2.29. The van der Waals surface area contributed by atoms with Gasteiger partial charge in [0.25, 0.3) is 0 Å². The van der Waals surface area contributed by atoms with Crippen LogP contribution in [0.2, 0.25) is 0 Å². The smallest absolute Gasteiger partial charge is 0.188 e. The fraction of sp³-hybridized carbons (Fsp3) is 0.250. The van der Waals surface area contributed by atoms with Gasteiger partial charge in [0.1, 0.15) is 11.6 Å². The van der Waals surface area contributed by atoms with E-state index in [0.717, 1.165) is 41.8 Å². The molecule has 1 unspecified atom stereocenters. The molecule has 0 aromatic carbocycles. The number of nitrogens with one attached hydrogen (secondary N) is 1. The average Bonchev–Trinajstić information content (AvgIpc) is 3.25. The molecule has 4 rings (SSSR count). The van der Waals surface area contributed by atoms with Crippen LogP contribution in [0.3, 0.4) is 0 Å². The minimum Gasteiger partial charge on any atom is -0.347 e. The quantitative estimate of drug-likeness (QED) is 0.793. The van der Waals surface area contributed by atoms with Crippen LogP contribution in [0.1, 0.15) is 24.6 Å². The van der Waals surface area contributed by atoms with E-state index < -0.39 is 0 Å². The van der Waals surface area contributed by atoms with Crippen molar-refractivity contribution in [2.24, 2.45) is 0 Å². The number of nitrogens with zero attached hydrogens (tertiary/aromatic N) is 5. The molecule has 0 amide bonds. The molecule has 1 saturated heterocycles. The van der Waals surface area contributed by atoms with Crippen molar-refractivity contribution < 1.29 is 0 Å². The van der Waals surface area contributed by atoms with Crippen molar-refractivity contribution in [3.63, 3.8) is 0 Å². The van der Waals surface area contributed by atoms with Crippen LogP contribution in [-0.4, -0.2) is 26.5 Å². The van der Waals surface area contributed by atoms with E-state index in [4.69, 9.17) is 4.98 Å². The van der Waals surface area contributed by atoms with Gasteiger partial charge in [-0.25, -0.2) is 15.0 Å². The molecule has 0 radical (unpaired) electrons. The number of rotatable bonds is 4. The third-order valence-electron chi connectivity index (χ3n) is 3.86. The van der Waals surface area contributed by atoms with Crippen molar-refractivity contribution in [1.29, 1.82) is 0 Å². The van der Waals surface area contributed by atoms with Gasteiger partial charge >= 0.3 is 0 Å². The van der Waals surface area contributed by atoms with Crippen LogP contribution in [0.25, 0.3) is 0 Å². The van der Waals surface area contributed by atoms with E-state index >= 15 is 0 Å². The van der Waals surface area contributed by atoms with Crippen molar-refractivity contribution in [3.05, 3.63) is 54.1 Å². The van der Waals surface area contributed by atoms with Crippen LogP contribution in [0, 0.1) is 0 Å². The van der Waals surface area contributed by atoms with Crippen LogP contribution in [0.4, 0.5) is 16.8 Å². The fourth-order valence-corrected chi connectivity index (χ4v) is 3.59. The maximum atomic E-state index is 4.74. The molecule has 0 bridgehead atoms. The topological polar surface area (TPSA) is 66.8 Å². The predicted molar refractivity (Wildman–Crippen MR) is 91.0 cm³/mol. The Morgan fingerprint density at radius 2 is 2.17 bits per heavy atom. The summed E-state index contributed by atoms with van der Waals surface area (Å²) in [6, 6.07) is 6.05. The lowest BCUT2D eigenvalue weighted by Gasteiger charge is -2.23. The van der Waals surface area contributed by atoms with Crippen molar-refractivity contribution >= 4 is 28.1 Å². The zero-order valence-corrected chi connectivity index (χ0v) is 13.3. The van der Waals surface area contributed by atoms with Crippen LogP contribution in [0.5, 0.6) is 0 Å². The normalized spacial score (nSPS) is 17.4. The molecule has 3 aromatic rings. The lowest BCUT2D eigenvalue weighted by molar-refractivity contribution is 0.692. The van der Waals surface area contributed by atoms with Gasteiger partial charge in [0.05, 0.1) is 17.9 Å². The van der Waals surface area contributed by atoms with E-state index in [1.807, 2.05) is 24.4 Å². The van der Waals surface area contributed by atoms with E-state index in [0.29, 0.717) is 0 Å². The largest absolute Gasteiger partial charge is 0.347 e. The van der Waals surface area contributed by atoms with Crippen LogP contribution >= 0.6 is 11.3 Å². The summed E-state index contributed by atoms with van der Waals surface area (Å²) in [6.45, 7) is 0.990. The highest BCUT2D eigenvalue weighted by atomic mass is 32.1. The Morgan fingerprint density at radius 1 is 1.17 bits per heavy atom. The summed E-state index contributed by atoms with van der Waals surface area (Å²) in [4.78, 5) is 19.9. The Kier molecular flexibility index (Phi) is 3.85. The molecule has 6 nitrogen and oxygen atoms in total. The van der Waals surface area contributed by atoms with Gasteiger partial charge < -0.3 is 10.2 Å². The van der Waals surface area contributed by atoms with Crippen molar-refractivity contribution in [2.45, 2.75) is 18.9 Å². The first-order chi connectivity index (χ1) is 11.4. The van der Waals surface area contributed by atoms with Gasteiger partial charge in [-0.2, -0.15) is 0 Å². The zero-order valence-electron chi connectivity index (χ0n) is 12.5. The summed E-state index contributed by atoms with van der Waals surface area (Å²) in [5.74, 6) is 1.73. The molecule has 1 aliphatic heterocycles. The first kappa shape index (κ1) is 14.1. The van der Waals surface area contributed by atoms with E-state index in [9.17, 15) is 0 Å². The molecule has 23 heavy (non-hydrogen) atoms. The molecule has 0 aliphatic carbocycles. The van der Waals surface area contributed by atoms with Gasteiger partial charge in [-0.1, -0.05) is 6.07 Å². The number of aromatic nitrogens is 4. The van der Waals surface area contributed by atoms with Gasteiger partial charge in [-0.3, -0.25) is 4.98 Å². The first-order valence-corrected chi connectivity index (χ1v) is 8.44. The number of hydrogen-bond acceptors (Lipinski definition) is 7. The van der Waals surface area contributed by atoms with Gasteiger partial charge in [0, 0.05) is 30.5 Å². The highest BCUT2D eigenvalue weighted by Crippen LogP contribution is 2.36. The second-order valence-electron chi connectivity index (χ2n) is 5.33. The fourth-order valence-electron chi connectivity index (χ4n) is 2.83. The third-order valence-corrected chi connectivity index (χ3v) is 4.64. The second kappa shape index (κ2) is 6.29. The van der Waals surface area contributed by atoms with Crippen LogP contribution in [-0.2, 0) is 0 Å². The summed E-state index contributed by atoms with van der Waals surface area (Å²) in [5, 5.41) is 6.23. The standard InChI is InChI=1S/C16H16N6S/c1-2-6-18-14(5-1)21-16-20-12(11-23-16)13-4-3-9-22(13)15-10-17-7-8-19-15/h1-2,5-8,10-11,13H,3-4,9H2,(H,18,20,21). The summed E-state index contributed by atoms with van der Waals surface area (Å²) in [5.41, 5.74) is 1.08. The molecular formula is C16H16N6S. The monoisotopic (exact) mass is 324 g/mol. The Hall–Kier alpha value is -2.54. The molecule has 1 fully saturated rings. The Balaban J connectivity index is 1.54. The SMILES string of the molecule is c1ccc(Nc2nc(C3CCCN3c3cnccn3)cs2)nc1. The number of anilines is 3. The number of thiazole rings is 1. The maximum absolute atomic E-state index is 4.74. The molecule has 1 atom stereocenters. The first-order valence-electron chi connectivity index (χ1n) is 7.56.